The molecule has 3 rings (SSSR count). The molecular formula is C18H16N4O. The molecule has 0 aliphatic heterocycles. The van der Waals surface area contributed by atoms with E-state index in [2.05, 4.69) is 10.3 Å². The van der Waals surface area contributed by atoms with Crippen LogP contribution < -0.4 is 15.8 Å². The smallest absolute Gasteiger partial charge is 0.147 e. The third kappa shape index (κ3) is 3.47. The lowest BCUT2D eigenvalue weighted by Gasteiger charge is -2.12. The lowest BCUT2D eigenvalue weighted by Crippen LogP contribution is -2.02. The minimum Gasteiger partial charge on any atom is -0.457 e. The zero-order valence-electron chi connectivity index (χ0n) is 12.4. The summed E-state index contributed by atoms with van der Waals surface area (Å²) in [5.74, 6) is 1.89. The summed E-state index contributed by atoms with van der Waals surface area (Å²) in [6, 6.07) is 18.8. The molecule has 114 valence electrons. The summed E-state index contributed by atoms with van der Waals surface area (Å²) in [4.78, 5) is 4.04. The Bertz CT molecular complexity index is 801. The summed E-state index contributed by atoms with van der Waals surface area (Å²) in [5, 5.41) is 10.6. The van der Waals surface area contributed by atoms with Gasteiger partial charge in [0, 0.05) is 23.7 Å². The number of pyridine rings is 1. The minimum absolute atomic E-state index is 0.357. The second-order valence-corrected chi connectivity index (χ2v) is 4.87. The topological polar surface area (TPSA) is 84.0 Å². The number of hydrogen-bond acceptors (Lipinski definition) is 5. The first kappa shape index (κ1) is 14.6. The van der Waals surface area contributed by atoms with E-state index >= 15 is 0 Å². The van der Waals surface area contributed by atoms with Crippen LogP contribution >= 0.6 is 0 Å². The van der Waals surface area contributed by atoms with Gasteiger partial charge in [0.25, 0.3) is 0 Å². The second-order valence-electron chi connectivity index (χ2n) is 4.87. The van der Waals surface area contributed by atoms with Crippen LogP contribution in [0.5, 0.6) is 11.5 Å². The Balaban J connectivity index is 1.77. The van der Waals surface area contributed by atoms with E-state index < -0.39 is 0 Å². The molecule has 1 heterocycles. The molecule has 2 aromatic carbocycles. The Morgan fingerprint density at radius 1 is 0.957 bits per heavy atom. The molecule has 0 radical (unpaired) electrons. The fourth-order valence-corrected chi connectivity index (χ4v) is 2.13. The monoisotopic (exact) mass is 304 g/mol. The highest BCUT2D eigenvalue weighted by Crippen LogP contribution is 2.27. The molecule has 0 aliphatic carbocycles. The minimum atomic E-state index is 0.357. The van der Waals surface area contributed by atoms with E-state index in [-0.39, 0.29) is 0 Å². The number of para-hydroxylation sites is 1. The van der Waals surface area contributed by atoms with Crippen LogP contribution in [-0.2, 0) is 0 Å². The van der Waals surface area contributed by atoms with E-state index in [0.717, 1.165) is 17.2 Å². The number of nitrogen functional groups attached to an aromatic ring is 1. The van der Waals surface area contributed by atoms with Gasteiger partial charge in [-0.2, -0.15) is 0 Å². The molecule has 0 spiro atoms. The summed E-state index contributed by atoms with van der Waals surface area (Å²) in [6.07, 6.45) is 2.82. The summed E-state index contributed by atoms with van der Waals surface area (Å²) < 4.78 is 5.75. The Labute approximate surface area is 134 Å². The molecular weight excluding hydrogens is 288 g/mol. The third-order valence-electron chi connectivity index (χ3n) is 3.27. The number of rotatable bonds is 5. The number of ether oxygens (including phenoxy) is 1. The summed E-state index contributed by atoms with van der Waals surface area (Å²) in [5.41, 5.74) is 8.02. The molecule has 0 unspecified atom stereocenters. The number of anilines is 3. The number of nitrogens with one attached hydrogen (secondary N) is 2. The summed E-state index contributed by atoms with van der Waals surface area (Å²) in [7, 11) is 0. The molecule has 5 nitrogen and oxygen atoms in total. The SMILES string of the molecule is N=Cc1ccnc(N)c1Nc1ccc(Oc2ccccc2)cc1. The van der Waals surface area contributed by atoms with E-state index in [0.29, 0.717) is 17.1 Å². The molecule has 0 atom stereocenters. The van der Waals surface area contributed by atoms with Gasteiger partial charge in [-0.15, -0.1) is 0 Å². The Morgan fingerprint density at radius 3 is 2.35 bits per heavy atom. The fourth-order valence-electron chi connectivity index (χ4n) is 2.13. The van der Waals surface area contributed by atoms with Crippen LogP contribution in [0.3, 0.4) is 0 Å². The van der Waals surface area contributed by atoms with Crippen molar-refractivity contribution in [3.8, 4) is 11.5 Å². The van der Waals surface area contributed by atoms with Crippen molar-refractivity contribution in [2.24, 2.45) is 0 Å². The van der Waals surface area contributed by atoms with Crippen molar-refractivity contribution in [1.82, 2.24) is 4.98 Å². The van der Waals surface area contributed by atoms with Crippen LogP contribution in [-0.4, -0.2) is 11.2 Å². The van der Waals surface area contributed by atoms with Gasteiger partial charge in [-0.25, -0.2) is 4.98 Å². The number of aromatic nitrogens is 1. The van der Waals surface area contributed by atoms with E-state index in [1.165, 1.54) is 6.21 Å². The first-order chi connectivity index (χ1) is 11.3. The van der Waals surface area contributed by atoms with Gasteiger partial charge < -0.3 is 21.2 Å². The van der Waals surface area contributed by atoms with Crippen molar-refractivity contribution in [2.45, 2.75) is 0 Å². The van der Waals surface area contributed by atoms with Crippen LogP contribution in [0.1, 0.15) is 5.56 Å². The number of nitrogens with zero attached hydrogens (tertiary/aromatic N) is 1. The van der Waals surface area contributed by atoms with Crippen LogP contribution in [0.15, 0.2) is 66.9 Å². The molecule has 0 fully saturated rings. The lowest BCUT2D eigenvalue weighted by atomic mass is 10.2. The fraction of sp³-hybridized carbons (Fsp3) is 0. The zero-order valence-corrected chi connectivity index (χ0v) is 12.4. The highest BCUT2D eigenvalue weighted by Gasteiger charge is 2.06. The maximum absolute atomic E-state index is 7.44. The Kier molecular flexibility index (Phi) is 4.20. The maximum atomic E-state index is 7.44. The van der Waals surface area contributed by atoms with E-state index in [9.17, 15) is 0 Å². The quantitative estimate of drug-likeness (QED) is 0.617. The predicted molar refractivity (Wildman–Crippen MR) is 92.8 cm³/mol. The molecule has 4 N–H and O–H groups in total. The van der Waals surface area contributed by atoms with Gasteiger partial charge in [0.05, 0.1) is 5.69 Å². The van der Waals surface area contributed by atoms with E-state index in [1.807, 2.05) is 54.6 Å². The van der Waals surface area contributed by atoms with Gasteiger partial charge in [0.15, 0.2) is 0 Å². The van der Waals surface area contributed by atoms with Gasteiger partial charge in [-0.3, -0.25) is 0 Å². The van der Waals surface area contributed by atoms with Crippen molar-refractivity contribution in [3.05, 3.63) is 72.4 Å². The normalized spacial score (nSPS) is 10.1. The van der Waals surface area contributed by atoms with Crippen molar-refractivity contribution in [3.63, 3.8) is 0 Å². The molecule has 1 aromatic heterocycles. The molecule has 5 heteroatoms. The highest BCUT2D eigenvalue weighted by molar-refractivity contribution is 5.91. The van der Waals surface area contributed by atoms with Gasteiger partial charge in [0.2, 0.25) is 0 Å². The van der Waals surface area contributed by atoms with Crippen molar-refractivity contribution in [2.75, 3.05) is 11.1 Å². The van der Waals surface area contributed by atoms with Gasteiger partial charge in [0.1, 0.15) is 17.3 Å². The van der Waals surface area contributed by atoms with Crippen molar-refractivity contribution >= 4 is 23.4 Å². The third-order valence-corrected chi connectivity index (χ3v) is 3.27. The zero-order chi connectivity index (χ0) is 16.1. The maximum Gasteiger partial charge on any atom is 0.147 e. The molecule has 0 aliphatic rings. The van der Waals surface area contributed by atoms with Gasteiger partial charge in [-0.1, -0.05) is 18.2 Å². The largest absolute Gasteiger partial charge is 0.457 e. The molecule has 3 aromatic rings. The van der Waals surface area contributed by atoms with Crippen LogP contribution in [0.4, 0.5) is 17.2 Å². The molecule has 0 amide bonds. The van der Waals surface area contributed by atoms with Crippen LogP contribution in [0.2, 0.25) is 0 Å². The summed E-state index contributed by atoms with van der Waals surface area (Å²) in [6.45, 7) is 0. The first-order valence-corrected chi connectivity index (χ1v) is 7.11. The Morgan fingerprint density at radius 2 is 1.65 bits per heavy atom. The van der Waals surface area contributed by atoms with Gasteiger partial charge in [-0.05, 0) is 42.5 Å². The van der Waals surface area contributed by atoms with Crippen molar-refractivity contribution < 1.29 is 4.74 Å². The number of benzene rings is 2. The first-order valence-electron chi connectivity index (χ1n) is 7.11. The molecule has 0 bridgehead atoms. The highest BCUT2D eigenvalue weighted by atomic mass is 16.5. The summed E-state index contributed by atoms with van der Waals surface area (Å²) >= 11 is 0. The molecule has 23 heavy (non-hydrogen) atoms. The van der Waals surface area contributed by atoms with E-state index in [4.69, 9.17) is 15.9 Å². The average Bonchev–Trinajstić information content (AvgIpc) is 2.59. The van der Waals surface area contributed by atoms with Crippen LogP contribution in [0, 0.1) is 5.41 Å². The van der Waals surface area contributed by atoms with Crippen LogP contribution in [0.25, 0.3) is 0 Å². The molecule has 0 saturated carbocycles. The molecule has 0 saturated heterocycles. The number of hydrogen-bond donors (Lipinski definition) is 3. The standard InChI is InChI=1S/C18H16N4O/c19-12-13-10-11-21-18(20)17(13)22-14-6-8-16(9-7-14)23-15-4-2-1-3-5-15/h1-12,19,22H,(H2,20,21). The lowest BCUT2D eigenvalue weighted by molar-refractivity contribution is 0.483. The average molecular weight is 304 g/mol. The van der Waals surface area contributed by atoms with E-state index in [1.54, 1.807) is 12.3 Å². The second kappa shape index (κ2) is 6.62. The predicted octanol–water partition coefficient (Wildman–Crippen LogP) is 4.20. The van der Waals surface area contributed by atoms with Crippen molar-refractivity contribution in [1.29, 1.82) is 5.41 Å². The van der Waals surface area contributed by atoms with Gasteiger partial charge >= 0.3 is 0 Å². The number of nitrogens with two attached hydrogens (primary N) is 1. The Hall–Kier alpha value is -3.34.